The SMILES string of the molecule is Cc1c(/C=N\NCc2ccccc2Cl)c2ccccc2n1Cc1ccc(Cl)c(Cl)c1. The van der Waals surface area contributed by atoms with Crippen LogP contribution < -0.4 is 5.43 Å². The van der Waals surface area contributed by atoms with Gasteiger partial charge in [-0.1, -0.05) is 77.3 Å². The molecule has 0 fully saturated rings. The molecule has 0 amide bonds. The molecule has 0 saturated carbocycles. The third kappa shape index (κ3) is 4.34. The molecule has 0 unspecified atom stereocenters. The first-order chi connectivity index (χ1) is 14.5. The molecule has 4 aromatic rings. The zero-order valence-electron chi connectivity index (χ0n) is 16.4. The minimum absolute atomic E-state index is 0.562. The van der Waals surface area contributed by atoms with Crippen molar-refractivity contribution >= 4 is 51.9 Å². The second kappa shape index (κ2) is 9.13. The number of hydrogen-bond donors (Lipinski definition) is 1. The highest BCUT2D eigenvalue weighted by molar-refractivity contribution is 6.42. The van der Waals surface area contributed by atoms with Crippen LogP contribution in [0.3, 0.4) is 0 Å². The van der Waals surface area contributed by atoms with Gasteiger partial charge in [0.05, 0.1) is 22.8 Å². The molecule has 3 nitrogen and oxygen atoms in total. The van der Waals surface area contributed by atoms with E-state index in [2.05, 4.69) is 34.2 Å². The van der Waals surface area contributed by atoms with Crippen molar-refractivity contribution in [3.8, 4) is 0 Å². The molecule has 0 aliphatic carbocycles. The number of fused-ring (bicyclic) bond motifs is 1. The molecule has 1 aromatic heterocycles. The number of hydrogen-bond acceptors (Lipinski definition) is 2. The predicted octanol–water partition coefficient (Wildman–Crippen LogP) is 7.08. The normalized spacial score (nSPS) is 11.5. The van der Waals surface area contributed by atoms with Gasteiger partial charge in [0.15, 0.2) is 0 Å². The molecule has 1 N–H and O–H groups in total. The molecule has 30 heavy (non-hydrogen) atoms. The van der Waals surface area contributed by atoms with Crippen LogP contribution in [0.15, 0.2) is 71.8 Å². The number of para-hydroxylation sites is 1. The minimum atomic E-state index is 0.562. The third-order valence-electron chi connectivity index (χ3n) is 5.12. The van der Waals surface area contributed by atoms with E-state index in [0.29, 0.717) is 23.1 Å². The predicted molar refractivity (Wildman–Crippen MR) is 128 cm³/mol. The average Bonchev–Trinajstić information content (AvgIpc) is 3.01. The Labute approximate surface area is 190 Å². The molecular weight excluding hydrogens is 437 g/mol. The van der Waals surface area contributed by atoms with Gasteiger partial charge in [-0.15, -0.1) is 0 Å². The Hall–Kier alpha value is -2.46. The van der Waals surface area contributed by atoms with Gasteiger partial charge >= 0.3 is 0 Å². The quantitative estimate of drug-likeness (QED) is 0.244. The number of halogens is 3. The summed E-state index contributed by atoms with van der Waals surface area (Å²) >= 11 is 18.5. The Kier molecular flexibility index (Phi) is 6.33. The Morgan fingerprint density at radius 1 is 0.900 bits per heavy atom. The maximum Gasteiger partial charge on any atom is 0.0595 e. The standard InChI is InChI=1S/C24H20Cl3N3/c1-16-20(14-29-28-13-18-6-2-4-8-21(18)25)19-7-3-5-9-24(19)30(16)15-17-10-11-22(26)23(27)12-17/h2-12,14,28H,13,15H2,1H3/b29-14-. The van der Waals surface area contributed by atoms with E-state index in [-0.39, 0.29) is 0 Å². The van der Waals surface area contributed by atoms with Crippen LogP contribution in [0.1, 0.15) is 22.4 Å². The molecule has 3 aromatic carbocycles. The van der Waals surface area contributed by atoms with E-state index in [9.17, 15) is 0 Å². The second-order valence-corrected chi connectivity index (χ2v) is 8.26. The van der Waals surface area contributed by atoms with E-state index in [0.717, 1.165) is 38.3 Å². The highest BCUT2D eigenvalue weighted by atomic mass is 35.5. The summed E-state index contributed by atoms with van der Waals surface area (Å²) in [6, 6.07) is 21.8. The summed E-state index contributed by atoms with van der Waals surface area (Å²) in [7, 11) is 0. The van der Waals surface area contributed by atoms with Crippen LogP contribution >= 0.6 is 34.8 Å². The Morgan fingerprint density at radius 3 is 2.47 bits per heavy atom. The topological polar surface area (TPSA) is 29.3 Å². The zero-order valence-corrected chi connectivity index (χ0v) is 18.6. The summed E-state index contributed by atoms with van der Waals surface area (Å²) in [6.07, 6.45) is 1.87. The zero-order chi connectivity index (χ0) is 21.1. The van der Waals surface area contributed by atoms with Crippen molar-refractivity contribution in [2.24, 2.45) is 5.10 Å². The Morgan fingerprint density at radius 2 is 1.67 bits per heavy atom. The summed E-state index contributed by atoms with van der Waals surface area (Å²) in [5, 5.41) is 7.46. The van der Waals surface area contributed by atoms with Crippen molar-refractivity contribution in [1.29, 1.82) is 0 Å². The molecular formula is C24H20Cl3N3. The van der Waals surface area contributed by atoms with Gasteiger partial charge in [-0.2, -0.15) is 5.10 Å². The molecule has 1 heterocycles. The van der Waals surface area contributed by atoms with Crippen molar-refractivity contribution in [2.75, 3.05) is 0 Å². The minimum Gasteiger partial charge on any atom is -0.340 e. The fourth-order valence-corrected chi connectivity index (χ4v) is 4.05. The van der Waals surface area contributed by atoms with Crippen LogP contribution in [0, 0.1) is 6.92 Å². The molecule has 0 radical (unpaired) electrons. The van der Waals surface area contributed by atoms with Crippen LogP contribution in [0.25, 0.3) is 10.9 Å². The molecule has 4 rings (SSSR count). The van der Waals surface area contributed by atoms with Crippen LogP contribution in [-0.4, -0.2) is 10.8 Å². The maximum atomic E-state index is 6.21. The first-order valence-electron chi connectivity index (χ1n) is 9.55. The molecule has 6 heteroatoms. The lowest BCUT2D eigenvalue weighted by molar-refractivity contribution is 0.748. The monoisotopic (exact) mass is 455 g/mol. The number of aromatic nitrogens is 1. The van der Waals surface area contributed by atoms with E-state index in [4.69, 9.17) is 34.8 Å². The molecule has 0 atom stereocenters. The Bertz CT molecular complexity index is 1230. The largest absolute Gasteiger partial charge is 0.340 e. The molecule has 0 spiro atoms. The van der Waals surface area contributed by atoms with E-state index in [1.807, 2.05) is 60.8 Å². The number of nitrogens with zero attached hydrogens (tertiary/aromatic N) is 2. The smallest absolute Gasteiger partial charge is 0.0595 e. The lowest BCUT2D eigenvalue weighted by atomic mass is 10.1. The van der Waals surface area contributed by atoms with Gasteiger partial charge in [0.1, 0.15) is 0 Å². The Balaban J connectivity index is 1.61. The fourth-order valence-electron chi connectivity index (χ4n) is 3.53. The van der Waals surface area contributed by atoms with Gasteiger partial charge in [-0.05, 0) is 42.3 Å². The van der Waals surface area contributed by atoms with E-state index in [1.165, 1.54) is 0 Å². The van der Waals surface area contributed by atoms with Crippen LogP contribution in [-0.2, 0) is 13.1 Å². The van der Waals surface area contributed by atoms with Crippen molar-refractivity contribution in [1.82, 2.24) is 9.99 Å². The number of rotatable bonds is 6. The number of benzene rings is 3. The second-order valence-electron chi connectivity index (χ2n) is 7.04. The fraction of sp³-hybridized carbons (Fsp3) is 0.125. The van der Waals surface area contributed by atoms with Crippen LogP contribution in [0.2, 0.25) is 15.1 Å². The van der Waals surface area contributed by atoms with Gasteiger partial charge in [0.2, 0.25) is 0 Å². The van der Waals surface area contributed by atoms with E-state index < -0.39 is 0 Å². The van der Waals surface area contributed by atoms with Crippen molar-refractivity contribution in [3.63, 3.8) is 0 Å². The summed E-state index contributed by atoms with van der Waals surface area (Å²) in [5.41, 5.74) is 8.56. The number of hydrazone groups is 1. The first kappa shape index (κ1) is 20.8. The lowest BCUT2D eigenvalue weighted by Crippen LogP contribution is -2.06. The molecule has 0 saturated heterocycles. The van der Waals surface area contributed by atoms with Crippen LogP contribution in [0.4, 0.5) is 0 Å². The summed E-state index contributed by atoms with van der Waals surface area (Å²) in [5.74, 6) is 0. The highest BCUT2D eigenvalue weighted by Gasteiger charge is 2.13. The molecule has 0 aliphatic heterocycles. The van der Waals surface area contributed by atoms with Gasteiger partial charge in [-0.3, -0.25) is 0 Å². The van der Waals surface area contributed by atoms with Gasteiger partial charge in [-0.25, -0.2) is 0 Å². The molecule has 0 aliphatic rings. The molecule has 152 valence electrons. The van der Waals surface area contributed by atoms with Crippen molar-refractivity contribution in [3.05, 3.63) is 104 Å². The lowest BCUT2D eigenvalue weighted by Gasteiger charge is -2.09. The van der Waals surface area contributed by atoms with Gasteiger partial charge in [0, 0.05) is 33.7 Å². The van der Waals surface area contributed by atoms with Gasteiger partial charge in [0.25, 0.3) is 0 Å². The average molecular weight is 457 g/mol. The first-order valence-corrected chi connectivity index (χ1v) is 10.7. The number of nitrogens with one attached hydrogen (secondary N) is 1. The van der Waals surface area contributed by atoms with Crippen LogP contribution in [0.5, 0.6) is 0 Å². The van der Waals surface area contributed by atoms with Crippen molar-refractivity contribution in [2.45, 2.75) is 20.0 Å². The maximum absolute atomic E-state index is 6.21. The summed E-state index contributed by atoms with van der Waals surface area (Å²) in [6.45, 7) is 3.37. The van der Waals surface area contributed by atoms with Gasteiger partial charge < -0.3 is 9.99 Å². The van der Waals surface area contributed by atoms with E-state index in [1.54, 1.807) is 0 Å². The highest BCUT2D eigenvalue weighted by Crippen LogP contribution is 2.28. The van der Waals surface area contributed by atoms with Crippen molar-refractivity contribution < 1.29 is 0 Å². The molecule has 0 bridgehead atoms. The van der Waals surface area contributed by atoms with E-state index >= 15 is 0 Å². The summed E-state index contributed by atoms with van der Waals surface area (Å²) in [4.78, 5) is 0. The summed E-state index contributed by atoms with van der Waals surface area (Å²) < 4.78 is 2.27. The third-order valence-corrected chi connectivity index (χ3v) is 6.22.